The summed E-state index contributed by atoms with van der Waals surface area (Å²) in [5.74, 6) is -0.923. The normalized spacial score (nSPS) is 12.9. The van der Waals surface area contributed by atoms with Gasteiger partial charge in [-0.15, -0.1) is 0 Å². The lowest BCUT2D eigenvalue weighted by Gasteiger charge is -2.18. The zero-order chi connectivity index (χ0) is 55.7. The summed E-state index contributed by atoms with van der Waals surface area (Å²) in [5, 5.41) is 0. The van der Waals surface area contributed by atoms with Gasteiger partial charge in [-0.1, -0.05) is 264 Å². The molecule has 0 spiro atoms. The largest absolute Gasteiger partial charge is 0.462 e. The first kappa shape index (κ1) is 72.8. The van der Waals surface area contributed by atoms with E-state index in [1.54, 1.807) is 0 Å². The van der Waals surface area contributed by atoms with Gasteiger partial charge in [0.05, 0.1) is 0 Å². The maximum Gasteiger partial charge on any atom is 0.306 e. The van der Waals surface area contributed by atoms with Crippen LogP contribution in [0.1, 0.15) is 290 Å². The topological polar surface area (TPSA) is 78.9 Å². The van der Waals surface area contributed by atoms with E-state index in [9.17, 15) is 14.4 Å². The summed E-state index contributed by atoms with van der Waals surface area (Å²) in [6.45, 7) is 6.40. The minimum atomic E-state index is -0.800. The molecule has 0 aromatic rings. The Labute approximate surface area is 475 Å². The fourth-order valence-corrected chi connectivity index (χ4v) is 8.69. The van der Waals surface area contributed by atoms with E-state index in [0.717, 1.165) is 135 Å². The Morgan fingerprint density at radius 3 is 0.805 bits per heavy atom. The number of unbranched alkanes of at least 4 members (excludes halogenated alkanes) is 26. The Balaban J connectivity index is 4.41. The number of carbonyl (C=O) groups is 3. The van der Waals surface area contributed by atoms with Crippen molar-refractivity contribution in [2.75, 3.05) is 13.2 Å². The fraction of sp³-hybridized carbons (Fsp3) is 0.676. The molecule has 0 aliphatic rings. The second kappa shape index (κ2) is 64.3. The second-order valence-electron chi connectivity index (χ2n) is 20.9. The van der Waals surface area contributed by atoms with Gasteiger partial charge in [-0.25, -0.2) is 0 Å². The average Bonchev–Trinajstić information content (AvgIpc) is 3.43. The number of hydrogen-bond donors (Lipinski definition) is 0. The lowest BCUT2D eigenvalue weighted by molar-refractivity contribution is -0.167. The van der Waals surface area contributed by atoms with Gasteiger partial charge >= 0.3 is 17.9 Å². The van der Waals surface area contributed by atoms with Gasteiger partial charge in [0, 0.05) is 19.3 Å². The summed E-state index contributed by atoms with van der Waals surface area (Å²) in [7, 11) is 0. The molecule has 0 saturated heterocycles. The molecule has 1 atom stereocenters. The molecule has 438 valence electrons. The van der Waals surface area contributed by atoms with E-state index in [4.69, 9.17) is 14.2 Å². The summed E-state index contributed by atoms with van der Waals surface area (Å²) in [5.41, 5.74) is 0. The van der Waals surface area contributed by atoms with Crippen molar-refractivity contribution >= 4 is 17.9 Å². The lowest BCUT2D eigenvalue weighted by atomic mass is 10.1. The fourth-order valence-electron chi connectivity index (χ4n) is 8.69. The van der Waals surface area contributed by atoms with Crippen molar-refractivity contribution in [3.8, 4) is 0 Å². The van der Waals surface area contributed by atoms with Crippen LogP contribution in [0.25, 0.3) is 0 Å². The first-order valence-corrected chi connectivity index (χ1v) is 32.0. The van der Waals surface area contributed by atoms with Crippen molar-refractivity contribution in [1.82, 2.24) is 0 Å². The van der Waals surface area contributed by atoms with Gasteiger partial charge in [0.15, 0.2) is 6.10 Å². The summed E-state index contributed by atoms with van der Waals surface area (Å²) in [6.07, 6.45) is 89.1. The van der Waals surface area contributed by atoms with E-state index in [1.807, 2.05) is 0 Å². The molecule has 0 aromatic heterocycles. The lowest BCUT2D eigenvalue weighted by Crippen LogP contribution is -2.30. The monoisotopic (exact) mass is 1070 g/mol. The van der Waals surface area contributed by atoms with Crippen molar-refractivity contribution in [2.24, 2.45) is 0 Å². The van der Waals surface area contributed by atoms with Crippen LogP contribution in [0, 0.1) is 0 Å². The summed E-state index contributed by atoms with van der Waals surface area (Å²) >= 11 is 0. The number of carbonyl (C=O) groups excluding carboxylic acids is 3. The molecule has 0 amide bonds. The molecule has 0 bridgehead atoms. The summed E-state index contributed by atoms with van der Waals surface area (Å²) in [4.78, 5) is 38.3. The number of hydrogen-bond acceptors (Lipinski definition) is 6. The third-order valence-corrected chi connectivity index (χ3v) is 13.4. The highest BCUT2D eigenvalue weighted by Gasteiger charge is 2.19. The Morgan fingerprint density at radius 2 is 0.506 bits per heavy atom. The SMILES string of the molecule is CC/C=C\C/C=C\C/C=C\C/C=C\C/C=C\CCCCCCCCCCCC(=O)OCC(COC(=O)CCCCCCCCC/C=C\CCCCCCCC)OC(=O)CCCCCC/C=C\C/C=C\C/C=C\C/C=C\CC. The average molecular weight is 1070 g/mol. The summed E-state index contributed by atoms with van der Waals surface area (Å²) < 4.78 is 16.9. The number of esters is 3. The maximum atomic E-state index is 12.9. The molecule has 0 radical (unpaired) electrons. The first-order valence-electron chi connectivity index (χ1n) is 32.0. The molecule has 6 nitrogen and oxygen atoms in total. The highest BCUT2D eigenvalue weighted by molar-refractivity contribution is 5.71. The van der Waals surface area contributed by atoms with Crippen LogP contribution < -0.4 is 0 Å². The number of allylic oxidation sites excluding steroid dienone is 20. The van der Waals surface area contributed by atoms with Crippen LogP contribution in [0.4, 0.5) is 0 Å². The minimum absolute atomic E-state index is 0.0937. The van der Waals surface area contributed by atoms with Crippen LogP contribution in [0.15, 0.2) is 122 Å². The highest BCUT2D eigenvalue weighted by atomic mass is 16.6. The van der Waals surface area contributed by atoms with Crippen LogP contribution in [0.2, 0.25) is 0 Å². The predicted molar refractivity (Wildman–Crippen MR) is 334 cm³/mol. The van der Waals surface area contributed by atoms with E-state index in [2.05, 4.69) is 142 Å². The van der Waals surface area contributed by atoms with Crippen LogP contribution >= 0.6 is 0 Å². The minimum Gasteiger partial charge on any atom is -0.462 e. The second-order valence-corrected chi connectivity index (χ2v) is 20.9. The van der Waals surface area contributed by atoms with Crippen LogP contribution in [-0.4, -0.2) is 37.2 Å². The van der Waals surface area contributed by atoms with Crippen molar-refractivity contribution < 1.29 is 28.6 Å². The third kappa shape index (κ3) is 62.5. The van der Waals surface area contributed by atoms with E-state index in [1.165, 1.54) is 116 Å². The van der Waals surface area contributed by atoms with Crippen LogP contribution in [0.5, 0.6) is 0 Å². The van der Waals surface area contributed by atoms with Crippen LogP contribution in [-0.2, 0) is 28.6 Å². The van der Waals surface area contributed by atoms with Gasteiger partial charge in [0.2, 0.25) is 0 Å². The molecular weight excluding hydrogens is 949 g/mol. The Bertz CT molecular complexity index is 1600. The van der Waals surface area contributed by atoms with Gasteiger partial charge in [0.25, 0.3) is 0 Å². The zero-order valence-electron chi connectivity index (χ0n) is 50.2. The standard InChI is InChI=1S/C71H118O6/c1-4-7-10-13-16-19-22-25-28-31-32-33-34-35-36-37-38-41-43-46-49-52-55-58-61-64-70(73)76-67-68(77-71(74)65-62-59-56-53-50-47-44-40-30-27-24-21-18-15-12-9-6-3)66-75-69(72)63-60-57-54-51-48-45-42-39-29-26-23-20-17-14-11-8-5-2/h7,9-10,12,16,18-19,21,25-30,32-33,35-36,44,47,68H,4-6,8,11,13-15,17,20,22-24,31,34,37-43,45-46,48-67H2,1-3H3/b10-7-,12-9-,19-16-,21-18-,28-25-,29-26-,30-27-,33-32-,36-35-,47-44-. The Morgan fingerprint density at radius 1 is 0.273 bits per heavy atom. The van der Waals surface area contributed by atoms with E-state index >= 15 is 0 Å². The molecule has 0 heterocycles. The Kier molecular flexibility index (Phi) is 60.8. The molecule has 0 aromatic carbocycles. The molecule has 0 fully saturated rings. The number of rotatable bonds is 57. The quantitative estimate of drug-likeness (QED) is 0.0261. The molecule has 0 N–H and O–H groups in total. The molecule has 0 rings (SSSR count). The molecule has 6 heteroatoms. The predicted octanol–water partition coefficient (Wildman–Crippen LogP) is 22.0. The van der Waals surface area contributed by atoms with Gasteiger partial charge < -0.3 is 14.2 Å². The van der Waals surface area contributed by atoms with Crippen molar-refractivity contribution in [3.63, 3.8) is 0 Å². The third-order valence-electron chi connectivity index (χ3n) is 13.4. The highest BCUT2D eigenvalue weighted by Crippen LogP contribution is 2.15. The van der Waals surface area contributed by atoms with Crippen molar-refractivity contribution in [1.29, 1.82) is 0 Å². The van der Waals surface area contributed by atoms with E-state index in [-0.39, 0.29) is 31.1 Å². The van der Waals surface area contributed by atoms with E-state index < -0.39 is 6.10 Å². The smallest absolute Gasteiger partial charge is 0.306 e. The molecular formula is C71H118O6. The first-order chi connectivity index (χ1) is 38.0. The van der Waals surface area contributed by atoms with Crippen molar-refractivity contribution in [2.45, 2.75) is 297 Å². The Hall–Kier alpha value is -4.19. The zero-order valence-corrected chi connectivity index (χ0v) is 50.2. The molecule has 0 saturated carbocycles. The van der Waals surface area contributed by atoms with Crippen LogP contribution in [0.3, 0.4) is 0 Å². The van der Waals surface area contributed by atoms with Gasteiger partial charge in [-0.2, -0.15) is 0 Å². The van der Waals surface area contributed by atoms with Gasteiger partial charge in [0.1, 0.15) is 13.2 Å². The van der Waals surface area contributed by atoms with E-state index in [0.29, 0.717) is 19.3 Å². The number of ether oxygens (including phenoxy) is 3. The molecule has 1 unspecified atom stereocenters. The maximum absolute atomic E-state index is 12.9. The summed E-state index contributed by atoms with van der Waals surface area (Å²) in [6, 6.07) is 0. The molecule has 0 aliphatic heterocycles. The van der Waals surface area contributed by atoms with Gasteiger partial charge in [-0.3, -0.25) is 14.4 Å². The molecule has 0 aliphatic carbocycles. The van der Waals surface area contributed by atoms with Crippen molar-refractivity contribution in [3.05, 3.63) is 122 Å². The van der Waals surface area contributed by atoms with Gasteiger partial charge in [-0.05, 0) is 128 Å². The molecule has 77 heavy (non-hydrogen) atoms.